The molecule has 0 saturated carbocycles. The molecule has 0 saturated heterocycles. The van der Waals surface area contributed by atoms with Crippen LogP contribution in [0.4, 0.5) is 0 Å². The van der Waals surface area contributed by atoms with Gasteiger partial charge in [-0.15, -0.1) is 0 Å². The Balaban J connectivity index is 3.93. The van der Waals surface area contributed by atoms with Crippen molar-refractivity contribution in [2.45, 2.75) is 6.92 Å². The number of aliphatic imine (C=N–C) groups is 2. The Labute approximate surface area is 53.0 Å². The second-order valence-electron chi connectivity index (χ2n) is 1.25. The Morgan fingerprint density at radius 1 is 1.56 bits per heavy atom. The zero-order valence-corrected chi connectivity index (χ0v) is 5.13. The lowest BCUT2D eigenvalue weighted by Crippen LogP contribution is -2.23. The summed E-state index contributed by atoms with van der Waals surface area (Å²) in [6.07, 6.45) is 1.44. The van der Waals surface area contributed by atoms with E-state index in [1.165, 1.54) is 6.21 Å². The number of nitrogens with zero attached hydrogens (tertiary/aromatic N) is 2. The van der Waals surface area contributed by atoms with Gasteiger partial charge in [-0.25, -0.2) is 4.99 Å². The summed E-state index contributed by atoms with van der Waals surface area (Å²) in [7, 11) is 0. The van der Waals surface area contributed by atoms with Gasteiger partial charge in [-0.1, -0.05) is 0 Å². The highest BCUT2D eigenvalue weighted by molar-refractivity contribution is 5.94. The van der Waals surface area contributed by atoms with Gasteiger partial charge in [-0.3, -0.25) is 5.41 Å². The fraction of sp³-hybridized carbons (Fsp3) is 0.250. The van der Waals surface area contributed by atoms with Gasteiger partial charge in [0, 0.05) is 6.21 Å². The van der Waals surface area contributed by atoms with Crippen molar-refractivity contribution in [1.82, 2.24) is 0 Å². The average molecular weight is 127 g/mol. The standard InChI is InChI=1S/C4H9N5/c1-2-8-4(7)9-3(5)6/h2H,1H3,(H5,5,6,7,9)/b8-2+. The third kappa shape index (κ3) is 4.46. The van der Waals surface area contributed by atoms with Crippen LogP contribution >= 0.6 is 0 Å². The molecule has 0 aromatic rings. The first-order valence-electron chi connectivity index (χ1n) is 2.33. The van der Waals surface area contributed by atoms with Crippen LogP contribution in [-0.2, 0) is 0 Å². The minimum Gasteiger partial charge on any atom is -0.370 e. The van der Waals surface area contributed by atoms with E-state index in [0.29, 0.717) is 0 Å². The molecule has 0 heterocycles. The molecule has 5 heteroatoms. The third-order valence-electron chi connectivity index (χ3n) is 0.486. The lowest BCUT2D eigenvalue weighted by Gasteiger charge is -1.86. The van der Waals surface area contributed by atoms with Crippen LogP contribution in [0.5, 0.6) is 0 Å². The summed E-state index contributed by atoms with van der Waals surface area (Å²) in [6, 6.07) is 0. The molecule has 0 aromatic heterocycles. The second kappa shape index (κ2) is 3.59. The van der Waals surface area contributed by atoms with E-state index in [4.69, 9.17) is 16.9 Å². The maximum atomic E-state index is 6.87. The molecular weight excluding hydrogens is 118 g/mol. The van der Waals surface area contributed by atoms with Crippen LogP contribution < -0.4 is 11.5 Å². The monoisotopic (exact) mass is 127 g/mol. The van der Waals surface area contributed by atoms with E-state index in [1.807, 2.05) is 0 Å². The van der Waals surface area contributed by atoms with Gasteiger partial charge < -0.3 is 11.5 Å². The molecule has 5 N–H and O–H groups in total. The Morgan fingerprint density at radius 2 is 2.11 bits per heavy atom. The maximum Gasteiger partial charge on any atom is 0.244 e. The molecule has 0 atom stereocenters. The van der Waals surface area contributed by atoms with Crippen molar-refractivity contribution in [1.29, 1.82) is 5.41 Å². The summed E-state index contributed by atoms with van der Waals surface area (Å²) in [5, 5.41) is 6.87. The summed E-state index contributed by atoms with van der Waals surface area (Å²) in [5.74, 6) is -0.330. The quantitative estimate of drug-likeness (QED) is 0.295. The van der Waals surface area contributed by atoms with Gasteiger partial charge in [0.15, 0.2) is 5.96 Å². The van der Waals surface area contributed by atoms with Crippen LogP contribution in [0, 0.1) is 5.41 Å². The Bertz CT molecular complexity index is 152. The molecule has 9 heavy (non-hydrogen) atoms. The van der Waals surface area contributed by atoms with Crippen LogP contribution in [0.2, 0.25) is 0 Å². The first-order valence-corrected chi connectivity index (χ1v) is 2.33. The number of guanidine groups is 2. The van der Waals surface area contributed by atoms with Crippen molar-refractivity contribution in [3.05, 3.63) is 0 Å². The molecule has 0 fully saturated rings. The maximum absolute atomic E-state index is 6.87. The second-order valence-corrected chi connectivity index (χ2v) is 1.25. The molecule has 0 radical (unpaired) electrons. The van der Waals surface area contributed by atoms with Gasteiger partial charge in [0.2, 0.25) is 5.96 Å². The van der Waals surface area contributed by atoms with Gasteiger partial charge >= 0.3 is 0 Å². The smallest absolute Gasteiger partial charge is 0.244 e. The summed E-state index contributed by atoms with van der Waals surface area (Å²) >= 11 is 0. The van der Waals surface area contributed by atoms with Gasteiger partial charge in [0.1, 0.15) is 0 Å². The largest absolute Gasteiger partial charge is 0.370 e. The van der Waals surface area contributed by atoms with Gasteiger partial charge in [0.25, 0.3) is 0 Å². The fourth-order valence-electron chi connectivity index (χ4n) is 0.273. The lowest BCUT2D eigenvalue weighted by molar-refractivity contribution is 1.35. The third-order valence-corrected chi connectivity index (χ3v) is 0.486. The highest BCUT2D eigenvalue weighted by Gasteiger charge is 1.84. The van der Waals surface area contributed by atoms with E-state index in [0.717, 1.165) is 0 Å². The number of hydrogen-bond donors (Lipinski definition) is 3. The molecule has 0 rings (SSSR count). The Kier molecular flexibility index (Phi) is 3.04. The minimum absolute atomic E-state index is 0.148. The van der Waals surface area contributed by atoms with Gasteiger partial charge in [-0.05, 0) is 6.92 Å². The fourth-order valence-corrected chi connectivity index (χ4v) is 0.273. The van der Waals surface area contributed by atoms with E-state index in [9.17, 15) is 0 Å². The van der Waals surface area contributed by atoms with Gasteiger partial charge in [0.05, 0.1) is 0 Å². The summed E-state index contributed by atoms with van der Waals surface area (Å²) in [6.45, 7) is 1.68. The zero-order chi connectivity index (χ0) is 7.28. The van der Waals surface area contributed by atoms with Crippen molar-refractivity contribution < 1.29 is 0 Å². The molecule has 0 aromatic carbocycles. The number of nitrogens with one attached hydrogen (secondary N) is 1. The lowest BCUT2D eigenvalue weighted by atomic mass is 10.8. The Hall–Kier alpha value is -1.39. The van der Waals surface area contributed by atoms with Crippen molar-refractivity contribution in [2.75, 3.05) is 0 Å². The first-order chi connectivity index (χ1) is 4.16. The van der Waals surface area contributed by atoms with Crippen LogP contribution in [0.3, 0.4) is 0 Å². The molecule has 0 aliphatic rings. The highest BCUT2D eigenvalue weighted by atomic mass is 15.1. The van der Waals surface area contributed by atoms with E-state index < -0.39 is 0 Å². The summed E-state index contributed by atoms with van der Waals surface area (Å²) in [4.78, 5) is 6.80. The predicted octanol–water partition coefficient (Wildman–Crippen LogP) is -0.715. The van der Waals surface area contributed by atoms with Crippen molar-refractivity contribution in [2.24, 2.45) is 21.5 Å². The Morgan fingerprint density at radius 3 is 2.44 bits per heavy atom. The molecule has 0 unspecified atom stereocenters. The molecule has 0 bridgehead atoms. The molecule has 0 aliphatic carbocycles. The molecule has 0 aliphatic heterocycles. The minimum atomic E-state index is -0.183. The van der Waals surface area contributed by atoms with Crippen LogP contribution in [0.25, 0.3) is 0 Å². The van der Waals surface area contributed by atoms with Gasteiger partial charge in [-0.2, -0.15) is 4.99 Å². The van der Waals surface area contributed by atoms with Crippen LogP contribution in [0.15, 0.2) is 9.98 Å². The average Bonchev–Trinajstić information content (AvgIpc) is 1.63. The van der Waals surface area contributed by atoms with E-state index in [2.05, 4.69) is 9.98 Å². The highest BCUT2D eigenvalue weighted by Crippen LogP contribution is 1.74. The summed E-state index contributed by atoms with van der Waals surface area (Å²) in [5.41, 5.74) is 9.87. The van der Waals surface area contributed by atoms with Crippen LogP contribution in [-0.4, -0.2) is 18.1 Å². The molecule has 50 valence electrons. The molecular formula is C4H9N5. The number of rotatable bonds is 0. The first kappa shape index (κ1) is 7.61. The number of nitrogens with two attached hydrogens (primary N) is 2. The molecule has 0 spiro atoms. The van der Waals surface area contributed by atoms with Crippen molar-refractivity contribution in [3.63, 3.8) is 0 Å². The SMILES string of the molecule is C/C=N/C(=N)N=C(N)N. The molecule has 0 amide bonds. The topological polar surface area (TPSA) is 101 Å². The van der Waals surface area contributed by atoms with E-state index in [1.54, 1.807) is 6.92 Å². The van der Waals surface area contributed by atoms with Crippen molar-refractivity contribution >= 4 is 18.1 Å². The van der Waals surface area contributed by atoms with Crippen molar-refractivity contribution in [3.8, 4) is 0 Å². The zero-order valence-electron chi connectivity index (χ0n) is 5.13. The summed E-state index contributed by atoms with van der Waals surface area (Å²) < 4.78 is 0. The van der Waals surface area contributed by atoms with E-state index in [-0.39, 0.29) is 11.9 Å². The normalized spacial score (nSPS) is 9.44. The number of hydrogen-bond acceptors (Lipinski definition) is 1. The van der Waals surface area contributed by atoms with Crippen LogP contribution in [0.1, 0.15) is 6.92 Å². The predicted molar refractivity (Wildman–Crippen MR) is 37.7 cm³/mol. The van der Waals surface area contributed by atoms with E-state index >= 15 is 0 Å². The molecule has 5 nitrogen and oxygen atoms in total.